The molecule has 2 aromatic carbocycles. The van der Waals surface area contributed by atoms with Crippen LogP contribution in [-0.2, 0) is 10.0 Å². The summed E-state index contributed by atoms with van der Waals surface area (Å²) < 4.78 is 27.4. The van der Waals surface area contributed by atoms with Gasteiger partial charge in [0.1, 0.15) is 0 Å². The van der Waals surface area contributed by atoms with Gasteiger partial charge >= 0.3 is 0 Å². The molecule has 0 spiro atoms. The van der Waals surface area contributed by atoms with Crippen molar-refractivity contribution in [3.63, 3.8) is 0 Å². The number of benzene rings is 2. The van der Waals surface area contributed by atoms with E-state index in [1.165, 1.54) is 0 Å². The molecule has 1 aliphatic rings. The van der Waals surface area contributed by atoms with Gasteiger partial charge in [-0.3, -0.25) is 9.88 Å². The maximum absolute atomic E-state index is 12.9. The molecule has 1 aromatic heterocycles. The Morgan fingerprint density at radius 2 is 1.52 bits per heavy atom. The van der Waals surface area contributed by atoms with Crippen LogP contribution in [0.15, 0.2) is 84.0 Å². The van der Waals surface area contributed by atoms with Gasteiger partial charge in [0.25, 0.3) is 0 Å². The van der Waals surface area contributed by atoms with E-state index in [-0.39, 0.29) is 6.04 Å². The van der Waals surface area contributed by atoms with Crippen LogP contribution >= 0.6 is 11.6 Å². The van der Waals surface area contributed by atoms with Crippen LogP contribution in [0.2, 0.25) is 5.02 Å². The zero-order valence-electron chi connectivity index (χ0n) is 15.9. The highest BCUT2D eigenvalue weighted by Gasteiger charge is 2.32. The number of halogens is 1. The van der Waals surface area contributed by atoms with E-state index in [0.29, 0.717) is 36.1 Å². The normalized spacial score (nSPS) is 17.1. The van der Waals surface area contributed by atoms with Gasteiger partial charge in [0.05, 0.1) is 10.9 Å². The second-order valence-electron chi connectivity index (χ2n) is 6.99. The fourth-order valence-corrected chi connectivity index (χ4v) is 5.31. The second-order valence-corrected chi connectivity index (χ2v) is 9.37. The van der Waals surface area contributed by atoms with E-state index in [1.54, 1.807) is 34.8 Å². The smallest absolute Gasteiger partial charge is 0.243 e. The molecule has 0 radical (unpaired) electrons. The van der Waals surface area contributed by atoms with Gasteiger partial charge in [-0.05, 0) is 41.5 Å². The summed E-state index contributed by atoms with van der Waals surface area (Å²) in [5.74, 6) is 0. The summed E-state index contributed by atoms with van der Waals surface area (Å²) in [6.45, 7) is 2.16. The zero-order chi connectivity index (χ0) is 20.3. The topological polar surface area (TPSA) is 53.5 Å². The number of pyridine rings is 1. The number of sulfonamides is 1. The monoisotopic (exact) mass is 427 g/mol. The summed E-state index contributed by atoms with van der Waals surface area (Å²) in [5.41, 5.74) is 2.19. The van der Waals surface area contributed by atoms with Crippen molar-refractivity contribution in [2.75, 3.05) is 26.2 Å². The fraction of sp³-hybridized carbons (Fsp3) is 0.227. The van der Waals surface area contributed by atoms with Gasteiger partial charge in [0.2, 0.25) is 10.0 Å². The standard InChI is InChI=1S/C22H22ClN3O2S/c23-20-10-8-18(9-11-20)22(19-5-4-12-24-17-19)25-13-15-26(16-14-25)29(27,28)21-6-2-1-3-7-21/h1-12,17,22H,13-16H2. The molecule has 1 aliphatic heterocycles. The Labute approximate surface area is 176 Å². The molecule has 1 saturated heterocycles. The van der Waals surface area contributed by atoms with Crippen molar-refractivity contribution < 1.29 is 8.42 Å². The average molecular weight is 428 g/mol. The van der Waals surface area contributed by atoms with Crippen LogP contribution in [0.25, 0.3) is 0 Å². The maximum Gasteiger partial charge on any atom is 0.243 e. The molecular weight excluding hydrogens is 406 g/mol. The van der Waals surface area contributed by atoms with Crippen molar-refractivity contribution in [2.45, 2.75) is 10.9 Å². The third-order valence-electron chi connectivity index (χ3n) is 5.21. The third-order valence-corrected chi connectivity index (χ3v) is 7.37. The molecule has 150 valence electrons. The van der Waals surface area contributed by atoms with Gasteiger partial charge in [0.15, 0.2) is 0 Å². The molecule has 0 saturated carbocycles. The number of piperazine rings is 1. The average Bonchev–Trinajstić information content (AvgIpc) is 2.77. The van der Waals surface area contributed by atoms with Gasteiger partial charge in [0, 0.05) is 43.6 Å². The lowest BCUT2D eigenvalue weighted by atomic mass is 9.98. The van der Waals surface area contributed by atoms with Gasteiger partial charge in [-0.1, -0.05) is 48.0 Å². The first kappa shape index (κ1) is 20.0. The largest absolute Gasteiger partial charge is 0.290 e. The Morgan fingerprint density at radius 3 is 2.14 bits per heavy atom. The Kier molecular flexibility index (Phi) is 5.96. The highest BCUT2D eigenvalue weighted by Crippen LogP contribution is 2.31. The van der Waals surface area contributed by atoms with Crippen LogP contribution < -0.4 is 0 Å². The second kappa shape index (κ2) is 8.63. The van der Waals surface area contributed by atoms with Gasteiger partial charge in [-0.2, -0.15) is 4.31 Å². The predicted molar refractivity (Wildman–Crippen MR) is 114 cm³/mol. The fourth-order valence-electron chi connectivity index (χ4n) is 3.74. The highest BCUT2D eigenvalue weighted by atomic mass is 35.5. The summed E-state index contributed by atoms with van der Waals surface area (Å²) in [6.07, 6.45) is 3.62. The molecule has 0 N–H and O–H groups in total. The van der Waals surface area contributed by atoms with E-state index in [0.717, 1.165) is 11.1 Å². The van der Waals surface area contributed by atoms with Gasteiger partial charge < -0.3 is 0 Å². The summed E-state index contributed by atoms with van der Waals surface area (Å²) in [5, 5.41) is 0.692. The molecule has 4 rings (SSSR count). The molecule has 5 nitrogen and oxygen atoms in total. The molecule has 2 heterocycles. The molecule has 1 fully saturated rings. The summed E-state index contributed by atoms with van der Waals surface area (Å²) in [4.78, 5) is 6.92. The lowest BCUT2D eigenvalue weighted by Gasteiger charge is -2.39. The van der Waals surface area contributed by atoms with Crippen LogP contribution in [0.3, 0.4) is 0 Å². The van der Waals surface area contributed by atoms with E-state index in [9.17, 15) is 8.42 Å². The highest BCUT2D eigenvalue weighted by molar-refractivity contribution is 7.89. The van der Waals surface area contributed by atoms with Crippen LogP contribution in [0.5, 0.6) is 0 Å². The SMILES string of the molecule is O=S(=O)(c1ccccc1)N1CCN(C(c2ccc(Cl)cc2)c2cccnc2)CC1. The molecule has 29 heavy (non-hydrogen) atoms. The quantitative estimate of drug-likeness (QED) is 0.621. The maximum atomic E-state index is 12.9. The first-order chi connectivity index (χ1) is 14.1. The predicted octanol–water partition coefficient (Wildman–Crippen LogP) is 3.83. The van der Waals surface area contributed by atoms with Crippen molar-refractivity contribution >= 4 is 21.6 Å². The summed E-state index contributed by atoms with van der Waals surface area (Å²) in [7, 11) is -3.47. The van der Waals surface area contributed by atoms with Crippen molar-refractivity contribution in [3.05, 3.63) is 95.3 Å². The summed E-state index contributed by atoms with van der Waals surface area (Å²) >= 11 is 6.08. The first-order valence-corrected chi connectivity index (χ1v) is 11.3. The minimum Gasteiger partial charge on any atom is -0.290 e. The Bertz CT molecular complexity index is 1040. The Morgan fingerprint density at radius 1 is 0.828 bits per heavy atom. The van der Waals surface area contributed by atoms with Crippen molar-refractivity contribution in [1.82, 2.24) is 14.2 Å². The molecule has 1 unspecified atom stereocenters. The van der Waals surface area contributed by atoms with E-state index >= 15 is 0 Å². The van der Waals surface area contributed by atoms with Crippen LogP contribution in [0.4, 0.5) is 0 Å². The first-order valence-electron chi connectivity index (χ1n) is 9.50. The van der Waals surface area contributed by atoms with E-state index < -0.39 is 10.0 Å². The number of hydrogen-bond acceptors (Lipinski definition) is 4. The van der Waals surface area contributed by atoms with Crippen molar-refractivity contribution in [1.29, 1.82) is 0 Å². The number of rotatable bonds is 5. The van der Waals surface area contributed by atoms with Crippen molar-refractivity contribution in [3.8, 4) is 0 Å². The van der Waals surface area contributed by atoms with Crippen LogP contribution in [-0.4, -0.2) is 48.8 Å². The minimum atomic E-state index is -3.47. The van der Waals surface area contributed by atoms with Crippen LogP contribution in [0.1, 0.15) is 17.2 Å². The molecule has 0 amide bonds. The van der Waals surface area contributed by atoms with E-state index in [1.807, 2.05) is 42.6 Å². The molecule has 1 atom stereocenters. The van der Waals surface area contributed by atoms with E-state index in [4.69, 9.17) is 11.6 Å². The number of hydrogen-bond donors (Lipinski definition) is 0. The third kappa shape index (κ3) is 4.36. The number of aromatic nitrogens is 1. The molecule has 7 heteroatoms. The van der Waals surface area contributed by atoms with Gasteiger partial charge in [-0.15, -0.1) is 0 Å². The van der Waals surface area contributed by atoms with Gasteiger partial charge in [-0.25, -0.2) is 8.42 Å². The molecule has 0 bridgehead atoms. The Hall–Kier alpha value is -2.25. The van der Waals surface area contributed by atoms with Crippen LogP contribution in [0, 0.1) is 0 Å². The van der Waals surface area contributed by atoms with Crippen molar-refractivity contribution in [2.24, 2.45) is 0 Å². The lowest BCUT2D eigenvalue weighted by molar-refractivity contribution is 0.155. The number of nitrogens with zero attached hydrogens (tertiary/aromatic N) is 3. The molecular formula is C22H22ClN3O2S. The Balaban J connectivity index is 1.56. The van der Waals surface area contributed by atoms with E-state index in [2.05, 4.69) is 16.0 Å². The zero-order valence-corrected chi connectivity index (χ0v) is 17.4. The molecule has 0 aliphatic carbocycles. The lowest BCUT2D eigenvalue weighted by Crippen LogP contribution is -2.49. The molecule has 3 aromatic rings. The summed E-state index contributed by atoms with van der Waals surface area (Å²) in [6, 6.07) is 20.4. The minimum absolute atomic E-state index is 0.00236.